The van der Waals surface area contributed by atoms with Crippen molar-refractivity contribution in [1.82, 2.24) is 0 Å². The molecule has 2 heterocycles. The first-order valence-electron chi connectivity index (χ1n) is 13.4. The number of fused-ring (bicyclic) bond motifs is 2. The Kier molecular flexibility index (Phi) is 8.04. The zero-order valence-electron chi connectivity index (χ0n) is 22.4. The van der Waals surface area contributed by atoms with Gasteiger partial charge in [0, 0.05) is 36.6 Å². The van der Waals surface area contributed by atoms with Gasteiger partial charge in [0.1, 0.15) is 40.4 Å². The van der Waals surface area contributed by atoms with Gasteiger partial charge in [-0.05, 0) is 58.3 Å². The minimum Gasteiger partial charge on any atom is -0.489 e. The summed E-state index contributed by atoms with van der Waals surface area (Å²) in [6.45, 7) is 7.80. The number of hydrogen-bond acceptors (Lipinski definition) is 7. The van der Waals surface area contributed by atoms with Gasteiger partial charge < -0.3 is 35.6 Å². The fourth-order valence-electron chi connectivity index (χ4n) is 5.15. The van der Waals surface area contributed by atoms with E-state index in [2.05, 4.69) is 18.8 Å². The van der Waals surface area contributed by atoms with Crippen LogP contribution in [0.1, 0.15) is 89.2 Å². The second kappa shape index (κ2) is 10.9. The third-order valence-electron chi connectivity index (χ3n) is 7.33. The lowest BCUT2D eigenvalue weighted by atomic mass is 9.94. The molecule has 6 N–H and O–H groups in total. The smallest absolute Gasteiger partial charge is 0.200 e. The molecule has 0 unspecified atom stereocenters. The van der Waals surface area contributed by atoms with Crippen molar-refractivity contribution >= 4 is 16.9 Å². The van der Waals surface area contributed by atoms with Crippen LogP contribution in [-0.2, 0) is 12.8 Å². The van der Waals surface area contributed by atoms with Crippen molar-refractivity contribution in [3.63, 3.8) is 0 Å². The summed E-state index contributed by atoms with van der Waals surface area (Å²) in [5.41, 5.74) is 11.1. The van der Waals surface area contributed by atoms with E-state index in [-0.39, 0.29) is 36.2 Å². The van der Waals surface area contributed by atoms with Crippen LogP contribution in [-0.4, -0.2) is 40.5 Å². The maximum Gasteiger partial charge on any atom is 0.200 e. The van der Waals surface area contributed by atoms with E-state index in [1.165, 1.54) is 0 Å². The Bertz CT molecular complexity index is 1200. The van der Waals surface area contributed by atoms with Crippen LogP contribution in [0.4, 0.5) is 0 Å². The maximum absolute atomic E-state index is 14.1. The van der Waals surface area contributed by atoms with Crippen LogP contribution in [0, 0.1) is 5.92 Å². The molecule has 9 nitrogen and oxygen atoms in total. The number of guanidine groups is 1. The Hall–Kier alpha value is -2.78. The molecule has 1 aliphatic heterocycles. The summed E-state index contributed by atoms with van der Waals surface area (Å²) >= 11 is 0. The second-order valence-corrected chi connectivity index (χ2v) is 11.4. The van der Waals surface area contributed by atoms with E-state index in [1.54, 1.807) is 19.9 Å². The highest BCUT2D eigenvalue weighted by Crippen LogP contribution is 2.45. The van der Waals surface area contributed by atoms with Gasteiger partial charge in [0.2, 0.25) is 0 Å². The van der Waals surface area contributed by atoms with Crippen molar-refractivity contribution in [2.75, 3.05) is 6.54 Å². The Morgan fingerprint density at radius 3 is 2.57 bits per heavy atom. The predicted molar refractivity (Wildman–Crippen MR) is 143 cm³/mol. The number of nitrogens with two attached hydrogens (primary N) is 2. The molecule has 4 rings (SSSR count). The van der Waals surface area contributed by atoms with Crippen LogP contribution in [0.15, 0.2) is 20.3 Å². The van der Waals surface area contributed by atoms with Gasteiger partial charge in [0.25, 0.3) is 0 Å². The lowest BCUT2D eigenvalue weighted by Crippen LogP contribution is -2.39. The first-order valence-corrected chi connectivity index (χ1v) is 13.4. The number of hydrogen-bond donors (Lipinski definition) is 4. The van der Waals surface area contributed by atoms with Crippen molar-refractivity contribution in [1.29, 1.82) is 0 Å². The minimum absolute atomic E-state index is 0.0132. The standard InChI is InChI=1S/C28H41N3O6/c1-15(2)9-10-17-24(33)23-21(37-25(17)19(32)11-12-31-27(29)30)14-20-18(13-22(36-20)28(3,4)34)26(23)35-16-7-5-6-8-16/h14-16,19,22,32,34H,5-13H2,1-4H3,(H4,29,30,31)/t19-,22+/m1/s1. The van der Waals surface area contributed by atoms with Crippen molar-refractivity contribution in [3.05, 3.63) is 33.2 Å². The van der Waals surface area contributed by atoms with Gasteiger partial charge in [-0.25, -0.2) is 0 Å². The highest BCUT2D eigenvalue weighted by Gasteiger charge is 2.39. The number of rotatable bonds is 10. The van der Waals surface area contributed by atoms with Crippen LogP contribution in [0.25, 0.3) is 11.0 Å². The van der Waals surface area contributed by atoms with E-state index < -0.39 is 17.8 Å². The van der Waals surface area contributed by atoms with Crippen LogP contribution in [0.5, 0.6) is 11.5 Å². The average Bonchev–Trinajstić information content (AvgIpc) is 3.47. The molecule has 0 amide bonds. The van der Waals surface area contributed by atoms with E-state index in [0.29, 0.717) is 46.8 Å². The average molecular weight is 516 g/mol. The lowest BCUT2D eigenvalue weighted by molar-refractivity contribution is -0.0229. The normalized spacial score (nSPS) is 18.7. The van der Waals surface area contributed by atoms with Gasteiger partial charge >= 0.3 is 0 Å². The molecule has 1 aliphatic carbocycles. The third kappa shape index (κ3) is 6.04. The molecule has 2 aliphatic rings. The van der Waals surface area contributed by atoms with Gasteiger partial charge in [-0.15, -0.1) is 0 Å². The van der Waals surface area contributed by atoms with Crippen molar-refractivity contribution in [2.24, 2.45) is 22.4 Å². The Labute approximate surface area is 217 Å². The summed E-state index contributed by atoms with van der Waals surface area (Å²) in [6.07, 6.45) is 4.36. The Morgan fingerprint density at radius 2 is 1.95 bits per heavy atom. The number of aliphatic imine (C=N–C) groups is 1. The first-order chi connectivity index (χ1) is 17.5. The van der Waals surface area contributed by atoms with E-state index in [0.717, 1.165) is 37.7 Å². The van der Waals surface area contributed by atoms with Crippen LogP contribution in [0.2, 0.25) is 0 Å². The maximum atomic E-state index is 14.1. The van der Waals surface area contributed by atoms with Crippen molar-refractivity contribution in [2.45, 2.75) is 103 Å². The molecule has 1 aromatic heterocycles. The molecule has 0 radical (unpaired) electrons. The molecule has 1 fully saturated rings. The molecule has 37 heavy (non-hydrogen) atoms. The van der Waals surface area contributed by atoms with E-state index in [1.807, 2.05) is 0 Å². The van der Waals surface area contributed by atoms with Gasteiger partial charge in [-0.2, -0.15) is 0 Å². The predicted octanol–water partition coefficient (Wildman–Crippen LogP) is 3.47. The minimum atomic E-state index is -1.08. The van der Waals surface area contributed by atoms with Crippen molar-refractivity contribution in [3.8, 4) is 11.5 Å². The topological polar surface area (TPSA) is 154 Å². The summed E-state index contributed by atoms with van der Waals surface area (Å²) in [5.74, 6) is 1.55. The summed E-state index contributed by atoms with van der Waals surface area (Å²) in [5, 5.41) is 22.1. The van der Waals surface area contributed by atoms with Crippen LogP contribution >= 0.6 is 0 Å². The molecule has 2 atom stereocenters. The zero-order chi connectivity index (χ0) is 26.9. The monoisotopic (exact) mass is 515 g/mol. The largest absolute Gasteiger partial charge is 0.489 e. The Morgan fingerprint density at radius 1 is 1.24 bits per heavy atom. The number of benzene rings is 1. The fraction of sp³-hybridized carbons (Fsp3) is 0.643. The molecule has 0 bridgehead atoms. The van der Waals surface area contributed by atoms with Gasteiger partial charge in [0.15, 0.2) is 11.4 Å². The number of aliphatic hydroxyl groups is 2. The highest BCUT2D eigenvalue weighted by atomic mass is 16.5. The molecule has 1 aromatic carbocycles. The SMILES string of the molecule is CC(C)CCc1c([C@H](O)CCN=C(N)N)oc2cc3c(c(OC4CCCC4)c2c1=O)C[C@@H](C(C)(C)O)O3. The first kappa shape index (κ1) is 27.3. The summed E-state index contributed by atoms with van der Waals surface area (Å²) in [4.78, 5) is 18.1. The highest BCUT2D eigenvalue weighted by molar-refractivity contribution is 5.88. The molecule has 204 valence electrons. The molecule has 2 aromatic rings. The molecule has 1 saturated carbocycles. The van der Waals surface area contributed by atoms with E-state index >= 15 is 0 Å². The number of nitrogens with zero attached hydrogens (tertiary/aromatic N) is 1. The second-order valence-electron chi connectivity index (χ2n) is 11.4. The lowest BCUT2D eigenvalue weighted by Gasteiger charge is -2.24. The zero-order valence-corrected chi connectivity index (χ0v) is 22.4. The molecular weight excluding hydrogens is 474 g/mol. The van der Waals surface area contributed by atoms with E-state index in [4.69, 9.17) is 25.4 Å². The summed E-state index contributed by atoms with van der Waals surface area (Å²) < 4.78 is 18.9. The number of ether oxygens (including phenoxy) is 2. The van der Waals surface area contributed by atoms with Crippen LogP contribution < -0.4 is 26.4 Å². The van der Waals surface area contributed by atoms with Gasteiger partial charge in [-0.3, -0.25) is 9.79 Å². The molecule has 0 saturated heterocycles. The van der Waals surface area contributed by atoms with Gasteiger partial charge in [0.05, 0.1) is 11.7 Å². The quantitative estimate of drug-likeness (QED) is 0.277. The van der Waals surface area contributed by atoms with Crippen molar-refractivity contribution < 1.29 is 24.1 Å². The van der Waals surface area contributed by atoms with E-state index in [9.17, 15) is 15.0 Å². The summed E-state index contributed by atoms with van der Waals surface area (Å²) in [7, 11) is 0. The van der Waals surface area contributed by atoms with Gasteiger partial charge in [-0.1, -0.05) is 13.8 Å². The number of aliphatic hydroxyl groups excluding tert-OH is 1. The third-order valence-corrected chi connectivity index (χ3v) is 7.33. The summed E-state index contributed by atoms with van der Waals surface area (Å²) in [6, 6.07) is 1.69. The molecule has 9 heteroatoms. The molecular formula is C28H41N3O6. The molecule has 0 spiro atoms. The fourth-order valence-corrected chi connectivity index (χ4v) is 5.15. The van der Waals surface area contributed by atoms with Crippen LogP contribution in [0.3, 0.4) is 0 Å². The Balaban J connectivity index is 1.88.